The standard InChI is InChI=1S/C13H17Br/c14-13-9-8-12(10-13)7-6-11-4-2-1-3-5-11/h1-5,12-13H,6-10H2. The monoisotopic (exact) mass is 252 g/mol. The van der Waals surface area contributed by atoms with Crippen LogP contribution in [-0.4, -0.2) is 4.83 Å². The number of aryl methyl sites for hydroxylation is 1. The predicted octanol–water partition coefficient (Wildman–Crippen LogP) is 4.18. The molecular formula is C13H17Br. The summed E-state index contributed by atoms with van der Waals surface area (Å²) in [6, 6.07) is 10.8. The van der Waals surface area contributed by atoms with Gasteiger partial charge in [-0.1, -0.05) is 46.3 Å². The molecule has 0 saturated heterocycles. The van der Waals surface area contributed by atoms with E-state index in [0.717, 1.165) is 10.7 Å². The Balaban J connectivity index is 1.78. The zero-order valence-corrected chi connectivity index (χ0v) is 10.0. The smallest absolute Gasteiger partial charge is 0.0148 e. The van der Waals surface area contributed by atoms with E-state index in [9.17, 15) is 0 Å². The van der Waals surface area contributed by atoms with Crippen molar-refractivity contribution in [3.63, 3.8) is 0 Å². The summed E-state index contributed by atoms with van der Waals surface area (Å²) in [7, 11) is 0. The molecule has 2 rings (SSSR count). The van der Waals surface area contributed by atoms with Crippen LogP contribution in [0.1, 0.15) is 31.2 Å². The van der Waals surface area contributed by atoms with Gasteiger partial charge in [0.15, 0.2) is 0 Å². The Kier molecular flexibility index (Phi) is 3.63. The summed E-state index contributed by atoms with van der Waals surface area (Å²) in [5, 5.41) is 0. The van der Waals surface area contributed by atoms with Crippen molar-refractivity contribution in [2.75, 3.05) is 0 Å². The second kappa shape index (κ2) is 4.97. The summed E-state index contributed by atoms with van der Waals surface area (Å²) in [5.41, 5.74) is 1.49. The summed E-state index contributed by atoms with van der Waals surface area (Å²) in [6.45, 7) is 0. The highest BCUT2D eigenvalue weighted by molar-refractivity contribution is 9.09. The number of rotatable bonds is 3. The van der Waals surface area contributed by atoms with Gasteiger partial charge >= 0.3 is 0 Å². The minimum absolute atomic E-state index is 0.795. The maximum Gasteiger partial charge on any atom is 0.0148 e. The number of halogens is 1. The van der Waals surface area contributed by atoms with Crippen molar-refractivity contribution < 1.29 is 0 Å². The van der Waals surface area contributed by atoms with Crippen molar-refractivity contribution in [2.24, 2.45) is 5.92 Å². The molecule has 0 aromatic heterocycles. The van der Waals surface area contributed by atoms with Crippen molar-refractivity contribution in [2.45, 2.75) is 36.9 Å². The normalized spacial score (nSPS) is 26.6. The van der Waals surface area contributed by atoms with Crippen LogP contribution in [0, 0.1) is 5.92 Å². The molecular weight excluding hydrogens is 236 g/mol. The Labute approximate surface area is 94.8 Å². The molecule has 1 saturated carbocycles. The van der Waals surface area contributed by atoms with E-state index in [-0.39, 0.29) is 0 Å². The van der Waals surface area contributed by atoms with Crippen LogP contribution in [0.2, 0.25) is 0 Å². The molecule has 0 heterocycles. The van der Waals surface area contributed by atoms with E-state index in [0.29, 0.717) is 0 Å². The summed E-state index contributed by atoms with van der Waals surface area (Å²) >= 11 is 3.70. The van der Waals surface area contributed by atoms with Gasteiger partial charge in [0, 0.05) is 4.83 Å². The molecule has 0 amide bonds. The van der Waals surface area contributed by atoms with Gasteiger partial charge in [-0.05, 0) is 43.6 Å². The molecule has 14 heavy (non-hydrogen) atoms. The zero-order chi connectivity index (χ0) is 9.80. The van der Waals surface area contributed by atoms with Gasteiger partial charge < -0.3 is 0 Å². The molecule has 1 aromatic rings. The lowest BCUT2D eigenvalue weighted by atomic mass is 9.98. The van der Waals surface area contributed by atoms with Gasteiger partial charge in [-0.3, -0.25) is 0 Å². The second-order valence-electron chi connectivity index (χ2n) is 4.30. The summed E-state index contributed by atoms with van der Waals surface area (Å²) in [6.07, 6.45) is 6.80. The lowest BCUT2D eigenvalue weighted by molar-refractivity contribution is 0.505. The molecule has 0 N–H and O–H groups in total. The third-order valence-electron chi connectivity index (χ3n) is 3.16. The predicted molar refractivity (Wildman–Crippen MR) is 64.8 cm³/mol. The first-order chi connectivity index (χ1) is 6.84. The number of hydrogen-bond acceptors (Lipinski definition) is 0. The van der Waals surface area contributed by atoms with E-state index < -0.39 is 0 Å². The fourth-order valence-electron chi connectivity index (χ4n) is 2.29. The van der Waals surface area contributed by atoms with Crippen molar-refractivity contribution in [3.05, 3.63) is 35.9 Å². The molecule has 0 aliphatic heterocycles. The second-order valence-corrected chi connectivity index (χ2v) is 5.60. The van der Waals surface area contributed by atoms with Crippen LogP contribution in [0.25, 0.3) is 0 Å². The minimum Gasteiger partial charge on any atom is -0.0891 e. The molecule has 1 aliphatic carbocycles. The number of alkyl halides is 1. The van der Waals surface area contributed by atoms with Crippen LogP contribution >= 0.6 is 15.9 Å². The van der Waals surface area contributed by atoms with Crippen LogP contribution in [0.5, 0.6) is 0 Å². The lowest BCUT2D eigenvalue weighted by Crippen LogP contribution is -1.97. The highest BCUT2D eigenvalue weighted by Crippen LogP contribution is 2.33. The van der Waals surface area contributed by atoms with Crippen LogP contribution in [0.4, 0.5) is 0 Å². The Hall–Kier alpha value is -0.300. The van der Waals surface area contributed by atoms with Gasteiger partial charge in [-0.15, -0.1) is 0 Å². The average Bonchev–Trinajstić information content (AvgIpc) is 2.63. The van der Waals surface area contributed by atoms with Crippen molar-refractivity contribution in [1.82, 2.24) is 0 Å². The third kappa shape index (κ3) is 2.84. The zero-order valence-electron chi connectivity index (χ0n) is 8.45. The minimum atomic E-state index is 0.795. The van der Waals surface area contributed by atoms with Gasteiger partial charge in [0.05, 0.1) is 0 Å². The fraction of sp³-hybridized carbons (Fsp3) is 0.538. The van der Waals surface area contributed by atoms with Crippen molar-refractivity contribution in [1.29, 1.82) is 0 Å². The molecule has 2 atom stereocenters. The van der Waals surface area contributed by atoms with Gasteiger partial charge in [0.1, 0.15) is 0 Å². The lowest BCUT2D eigenvalue weighted by Gasteiger charge is -2.08. The molecule has 1 aromatic carbocycles. The Bertz CT molecular complexity index is 268. The van der Waals surface area contributed by atoms with Gasteiger partial charge in [-0.25, -0.2) is 0 Å². The molecule has 1 fully saturated rings. The van der Waals surface area contributed by atoms with E-state index in [1.807, 2.05) is 0 Å². The SMILES string of the molecule is BrC1CCC(CCc2ccccc2)C1. The van der Waals surface area contributed by atoms with Crippen LogP contribution < -0.4 is 0 Å². The van der Waals surface area contributed by atoms with Gasteiger partial charge in [0.2, 0.25) is 0 Å². The molecule has 1 aliphatic rings. The third-order valence-corrected chi connectivity index (χ3v) is 3.99. The topological polar surface area (TPSA) is 0 Å². The Morgan fingerprint density at radius 2 is 1.93 bits per heavy atom. The fourth-order valence-corrected chi connectivity index (χ4v) is 3.08. The van der Waals surface area contributed by atoms with E-state index in [2.05, 4.69) is 46.3 Å². The maximum atomic E-state index is 3.70. The Morgan fingerprint density at radius 3 is 2.57 bits per heavy atom. The summed E-state index contributed by atoms with van der Waals surface area (Å²) in [5.74, 6) is 0.958. The Morgan fingerprint density at radius 1 is 1.14 bits per heavy atom. The number of hydrogen-bond donors (Lipinski definition) is 0. The first-order valence-corrected chi connectivity index (χ1v) is 6.44. The molecule has 2 unspecified atom stereocenters. The van der Waals surface area contributed by atoms with Crippen LogP contribution in [0.3, 0.4) is 0 Å². The van der Waals surface area contributed by atoms with E-state index in [1.54, 1.807) is 0 Å². The first-order valence-electron chi connectivity index (χ1n) is 5.52. The maximum absolute atomic E-state index is 3.70. The van der Waals surface area contributed by atoms with Gasteiger partial charge in [0.25, 0.3) is 0 Å². The van der Waals surface area contributed by atoms with Crippen molar-refractivity contribution in [3.8, 4) is 0 Å². The van der Waals surface area contributed by atoms with Crippen molar-refractivity contribution >= 4 is 15.9 Å². The summed E-state index contributed by atoms with van der Waals surface area (Å²) < 4.78 is 0. The summed E-state index contributed by atoms with van der Waals surface area (Å²) in [4.78, 5) is 0.795. The largest absolute Gasteiger partial charge is 0.0891 e. The molecule has 0 spiro atoms. The highest BCUT2D eigenvalue weighted by Gasteiger charge is 2.21. The average molecular weight is 253 g/mol. The first kappa shape index (κ1) is 10.2. The molecule has 76 valence electrons. The molecule has 0 nitrogen and oxygen atoms in total. The van der Waals surface area contributed by atoms with Crippen LogP contribution in [0.15, 0.2) is 30.3 Å². The molecule has 1 heteroatoms. The molecule has 0 radical (unpaired) electrons. The quantitative estimate of drug-likeness (QED) is 0.709. The number of benzene rings is 1. The highest BCUT2D eigenvalue weighted by atomic mass is 79.9. The van der Waals surface area contributed by atoms with E-state index in [1.165, 1.54) is 37.7 Å². The van der Waals surface area contributed by atoms with Gasteiger partial charge in [-0.2, -0.15) is 0 Å². The molecule has 0 bridgehead atoms. The van der Waals surface area contributed by atoms with E-state index in [4.69, 9.17) is 0 Å². The van der Waals surface area contributed by atoms with E-state index >= 15 is 0 Å². The van der Waals surface area contributed by atoms with Crippen LogP contribution in [-0.2, 0) is 6.42 Å².